The number of hydrogen-bond acceptors (Lipinski definition) is 8. The molecule has 0 aromatic rings. The van der Waals surface area contributed by atoms with Crippen molar-refractivity contribution in [1.29, 1.82) is 0 Å². The molecule has 2 atom stereocenters. The smallest absolute Gasteiger partial charge is 0.462 e. The fourth-order valence-corrected chi connectivity index (χ4v) is 9.57. The first-order chi connectivity index (χ1) is 39.8. The average molecular weight is 1150 g/mol. The Labute approximate surface area is 497 Å². The number of unbranched alkanes of at least 4 members (excludes halogenated alkanes) is 25. The zero-order valence-corrected chi connectivity index (χ0v) is 52.6. The summed E-state index contributed by atoms with van der Waals surface area (Å²) in [6.45, 7) is 3.43. The van der Waals surface area contributed by atoms with Crippen LogP contribution >= 0.6 is 7.82 Å². The molecule has 0 radical (unpaired) electrons. The second-order valence-corrected chi connectivity index (χ2v) is 22.7. The van der Waals surface area contributed by atoms with E-state index in [1.165, 1.54) is 148 Å². The number of hydrogen-bond donors (Lipinski definition) is 2. The lowest BCUT2D eigenvalue weighted by Crippen LogP contribution is -2.29. The van der Waals surface area contributed by atoms with Gasteiger partial charge < -0.3 is 20.1 Å². The fraction of sp³-hybridized carbons (Fsp3) is 0.662. The minimum Gasteiger partial charge on any atom is -0.462 e. The zero-order chi connectivity index (χ0) is 58.7. The molecule has 2 unspecified atom stereocenters. The Morgan fingerprint density at radius 2 is 0.667 bits per heavy atom. The van der Waals surface area contributed by atoms with Gasteiger partial charge in [-0.3, -0.25) is 18.6 Å². The van der Waals surface area contributed by atoms with Crippen molar-refractivity contribution in [3.8, 4) is 0 Å². The van der Waals surface area contributed by atoms with Crippen LogP contribution < -0.4 is 5.73 Å². The van der Waals surface area contributed by atoms with Gasteiger partial charge in [0, 0.05) is 19.4 Å². The molecule has 0 fully saturated rings. The molecular formula is C71H120NO8P. The first-order valence-corrected chi connectivity index (χ1v) is 34.2. The molecule has 0 bridgehead atoms. The summed E-state index contributed by atoms with van der Waals surface area (Å²) in [4.78, 5) is 35.2. The monoisotopic (exact) mass is 1150 g/mol. The molecular weight excluding hydrogens is 1030 g/mol. The van der Waals surface area contributed by atoms with E-state index in [1.54, 1.807) is 0 Å². The number of rotatable bonds is 60. The predicted octanol–water partition coefficient (Wildman–Crippen LogP) is 21.3. The molecule has 0 aliphatic heterocycles. The molecule has 0 saturated heterocycles. The van der Waals surface area contributed by atoms with Gasteiger partial charge in [0.1, 0.15) is 6.61 Å². The lowest BCUT2D eigenvalue weighted by Gasteiger charge is -2.19. The number of allylic oxidation sites excluding steroid dienone is 22. The Bertz CT molecular complexity index is 1790. The molecule has 0 aliphatic rings. The number of nitrogens with two attached hydrogens (primary N) is 1. The highest BCUT2D eigenvalue weighted by Crippen LogP contribution is 2.43. The number of carbonyl (C=O) groups is 2. The first kappa shape index (κ1) is 77.2. The number of carbonyl (C=O) groups excluding carboxylic acids is 2. The van der Waals surface area contributed by atoms with Crippen molar-refractivity contribution >= 4 is 19.8 Å². The Kier molecular flexibility index (Phi) is 62.2. The SMILES string of the molecule is CC/C=C\C/C=C\C/C=C\C/C=C\C/C=C\C/C=C\CCC(=O)OC(COC(=O)CCCCCCCCCCCCCCCCCCCCCCCCCCC/C=C\C/C=C\C/C=C\C/C=C\C/C=C\CC)COP(=O)(O)OCCN. The summed E-state index contributed by atoms with van der Waals surface area (Å²) in [6, 6.07) is 0. The maximum atomic E-state index is 12.7. The molecule has 10 heteroatoms. The van der Waals surface area contributed by atoms with E-state index in [4.69, 9.17) is 24.3 Å². The van der Waals surface area contributed by atoms with Crippen molar-refractivity contribution < 1.29 is 37.6 Å². The molecule has 0 aromatic heterocycles. The molecule has 0 aliphatic carbocycles. The van der Waals surface area contributed by atoms with E-state index < -0.39 is 32.5 Å². The van der Waals surface area contributed by atoms with Gasteiger partial charge in [-0.2, -0.15) is 0 Å². The summed E-state index contributed by atoms with van der Waals surface area (Å²) < 4.78 is 33.0. The molecule has 9 nitrogen and oxygen atoms in total. The van der Waals surface area contributed by atoms with Crippen LogP contribution in [-0.4, -0.2) is 49.3 Å². The van der Waals surface area contributed by atoms with Crippen LogP contribution in [0.2, 0.25) is 0 Å². The van der Waals surface area contributed by atoms with Gasteiger partial charge in [-0.05, 0) is 96.3 Å². The third kappa shape index (κ3) is 65.2. The molecule has 0 amide bonds. The summed E-state index contributed by atoms with van der Waals surface area (Å²) in [5, 5.41) is 0. The second kappa shape index (κ2) is 65.3. The van der Waals surface area contributed by atoms with Gasteiger partial charge in [0.2, 0.25) is 0 Å². The second-order valence-electron chi connectivity index (χ2n) is 21.2. The summed E-state index contributed by atoms with van der Waals surface area (Å²) in [6.07, 6.45) is 92.9. The standard InChI is InChI=1S/C71H120NO8P/c1-3-5-7-9-11-13-15-17-19-21-23-24-25-26-27-28-29-30-31-32-33-34-35-36-37-38-39-40-41-42-43-44-46-47-49-51-53-55-57-59-61-63-70(73)77-67-69(68-79-81(75,76)78-66-65-72)80-71(74)64-62-60-58-56-54-52-50-48-45-22-20-18-16-14-12-10-8-6-4-2/h5-8,11-14,17-20,23-24,26-27,45,48,52,54,58,60,69H,3-4,9-10,15-16,21-22,25,28-44,46-47,49-51,53,55-57,59,61-68,72H2,1-2H3,(H,75,76)/b7-5-,8-6-,13-11-,14-12-,19-17-,20-18-,24-23-,27-26-,48-45-,54-52-,60-58-. The highest BCUT2D eigenvalue weighted by Gasteiger charge is 2.26. The van der Waals surface area contributed by atoms with Crippen LogP contribution in [0.25, 0.3) is 0 Å². The van der Waals surface area contributed by atoms with Gasteiger partial charge in [0.05, 0.1) is 13.2 Å². The van der Waals surface area contributed by atoms with Crippen LogP contribution in [0.1, 0.15) is 271 Å². The van der Waals surface area contributed by atoms with Crippen LogP contribution in [0.15, 0.2) is 134 Å². The van der Waals surface area contributed by atoms with E-state index in [9.17, 15) is 19.0 Å². The van der Waals surface area contributed by atoms with Crippen molar-refractivity contribution in [2.24, 2.45) is 5.73 Å². The van der Waals surface area contributed by atoms with Crippen LogP contribution in [0.3, 0.4) is 0 Å². The van der Waals surface area contributed by atoms with Gasteiger partial charge in [0.25, 0.3) is 0 Å². The van der Waals surface area contributed by atoms with Crippen LogP contribution in [0.4, 0.5) is 0 Å². The van der Waals surface area contributed by atoms with Crippen LogP contribution in [0, 0.1) is 0 Å². The van der Waals surface area contributed by atoms with Gasteiger partial charge >= 0.3 is 19.8 Å². The van der Waals surface area contributed by atoms with Crippen molar-refractivity contribution in [3.05, 3.63) is 134 Å². The predicted molar refractivity (Wildman–Crippen MR) is 348 cm³/mol. The average Bonchev–Trinajstić information content (AvgIpc) is 3.46. The number of esters is 2. The molecule has 0 spiro atoms. The van der Waals surface area contributed by atoms with Crippen molar-refractivity contribution in [3.63, 3.8) is 0 Å². The summed E-state index contributed by atoms with van der Waals surface area (Å²) in [5.41, 5.74) is 5.38. The topological polar surface area (TPSA) is 134 Å². The van der Waals surface area contributed by atoms with E-state index in [0.717, 1.165) is 89.9 Å². The third-order valence-electron chi connectivity index (χ3n) is 13.5. The Hall–Kier alpha value is -3.85. The Balaban J connectivity index is 3.84. The van der Waals surface area contributed by atoms with Crippen molar-refractivity contribution in [2.75, 3.05) is 26.4 Å². The number of phosphoric acid groups is 1. The summed E-state index contributed by atoms with van der Waals surface area (Å²) in [5.74, 6) is -0.925. The van der Waals surface area contributed by atoms with Gasteiger partial charge in [-0.15, -0.1) is 0 Å². The zero-order valence-electron chi connectivity index (χ0n) is 51.7. The number of phosphoric ester groups is 1. The van der Waals surface area contributed by atoms with E-state index in [-0.39, 0.29) is 32.6 Å². The molecule has 3 N–H and O–H groups in total. The summed E-state index contributed by atoms with van der Waals surface area (Å²) >= 11 is 0. The third-order valence-corrected chi connectivity index (χ3v) is 14.5. The Morgan fingerprint density at radius 3 is 1.00 bits per heavy atom. The lowest BCUT2D eigenvalue weighted by molar-refractivity contribution is -0.161. The largest absolute Gasteiger partial charge is 0.472 e. The molecule has 0 rings (SSSR count). The highest BCUT2D eigenvalue weighted by atomic mass is 31.2. The normalized spacial score (nSPS) is 13.9. The molecule has 0 heterocycles. The number of ether oxygens (including phenoxy) is 2. The molecule has 0 aromatic carbocycles. The van der Waals surface area contributed by atoms with Gasteiger partial charge in [0.15, 0.2) is 6.10 Å². The van der Waals surface area contributed by atoms with Gasteiger partial charge in [-0.1, -0.05) is 295 Å². The highest BCUT2D eigenvalue weighted by molar-refractivity contribution is 7.47. The van der Waals surface area contributed by atoms with E-state index in [1.807, 2.05) is 12.2 Å². The fourth-order valence-electron chi connectivity index (χ4n) is 8.81. The van der Waals surface area contributed by atoms with Crippen molar-refractivity contribution in [1.82, 2.24) is 0 Å². The van der Waals surface area contributed by atoms with Crippen LogP contribution in [0.5, 0.6) is 0 Å². The van der Waals surface area contributed by atoms with E-state index in [0.29, 0.717) is 6.42 Å². The summed E-state index contributed by atoms with van der Waals surface area (Å²) in [7, 11) is -4.41. The van der Waals surface area contributed by atoms with Gasteiger partial charge in [-0.25, -0.2) is 4.57 Å². The minimum absolute atomic E-state index is 0.0374. The maximum Gasteiger partial charge on any atom is 0.472 e. The van der Waals surface area contributed by atoms with Crippen LogP contribution in [-0.2, 0) is 32.7 Å². The lowest BCUT2D eigenvalue weighted by atomic mass is 10.0. The quantitative estimate of drug-likeness (QED) is 0.0264. The van der Waals surface area contributed by atoms with E-state index >= 15 is 0 Å². The van der Waals surface area contributed by atoms with E-state index in [2.05, 4.69) is 135 Å². The maximum absolute atomic E-state index is 12.7. The van der Waals surface area contributed by atoms with Crippen molar-refractivity contribution in [2.45, 2.75) is 277 Å². The Morgan fingerprint density at radius 1 is 0.370 bits per heavy atom. The minimum atomic E-state index is -4.41. The molecule has 81 heavy (non-hydrogen) atoms. The molecule has 0 saturated carbocycles. The molecule has 462 valence electrons. The first-order valence-electron chi connectivity index (χ1n) is 32.7.